The molecule has 0 bridgehead atoms. The Morgan fingerprint density at radius 3 is 2.70 bits per heavy atom. The van der Waals surface area contributed by atoms with Crippen LogP contribution in [0.4, 0.5) is 5.82 Å². The summed E-state index contributed by atoms with van der Waals surface area (Å²) in [6, 6.07) is 0. The van der Waals surface area contributed by atoms with Crippen molar-refractivity contribution in [3.63, 3.8) is 0 Å². The van der Waals surface area contributed by atoms with Gasteiger partial charge in [0.25, 0.3) is 0 Å². The number of nitrogens with zero attached hydrogens (tertiary/aromatic N) is 2. The molecule has 0 aliphatic rings. The van der Waals surface area contributed by atoms with Crippen molar-refractivity contribution < 1.29 is 9.90 Å². The highest BCUT2D eigenvalue weighted by molar-refractivity contribution is 7.99. The molecule has 0 radical (unpaired) electrons. The minimum Gasteiger partial charge on any atom is -0.478 e. The van der Waals surface area contributed by atoms with Gasteiger partial charge in [0.15, 0.2) is 5.82 Å². The van der Waals surface area contributed by atoms with Gasteiger partial charge in [0, 0.05) is 12.3 Å². The molecule has 0 fully saturated rings. The zero-order valence-electron chi connectivity index (χ0n) is 11.8. The first kappa shape index (κ1) is 16.3. The van der Waals surface area contributed by atoms with E-state index in [2.05, 4.69) is 21.4 Å². The number of nitrogens with one attached hydrogen (secondary N) is 1. The topological polar surface area (TPSA) is 75.1 Å². The van der Waals surface area contributed by atoms with Crippen LogP contribution in [0.25, 0.3) is 0 Å². The Morgan fingerprint density at radius 1 is 1.40 bits per heavy atom. The third-order valence-electron chi connectivity index (χ3n) is 2.78. The molecule has 1 aromatic rings. The van der Waals surface area contributed by atoms with Gasteiger partial charge in [-0.3, -0.25) is 0 Å². The largest absolute Gasteiger partial charge is 0.478 e. The van der Waals surface area contributed by atoms with Crippen LogP contribution in [0, 0.1) is 12.3 Å². The molecule has 108 valence electrons. The van der Waals surface area contributed by atoms with Crippen LogP contribution in [-0.2, 0) is 12.8 Å². The van der Waals surface area contributed by atoms with Crippen LogP contribution in [0.1, 0.15) is 35.5 Å². The van der Waals surface area contributed by atoms with E-state index in [4.69, 9.17) is 6.42 Å². The number of anilines is 1. The summed E-state index contributed by atoms with van der Waals surface area (Å²) in [6.45, 7) is 4.48. The molecule has 5 nitrogen and oxygen atoms in total. The summed E-state index contributed by atoms with van der Waals surface area (Å²) in [6.07, 6.45) is 6.47. The fraction of sp³-hybridized carbons (Fsp3) is 0.500. The van der Waals surface area contributed by atoms with Crippen molar-refractivity contribution in [3.8, 4) is 12.3 Å². The number of hydrogen-bond acceptors (Lipinski definition) is 5. The molecule has 0 atom stereocenters. The summed E-state index contributed by atoms with van der Waals surface area (Å²) in [7, 11) is 0. The molecule has 0 saturated carbocycles. The monoisotopic (exact) mass is 293 g/mol. The minimum absolute atomic E-state index is 0.237. The molecule has 0 aliphatic heterocycles. The molecule has 2 N–H and O–H groups in total. The highest BCUT2D eigenvalue weighted by Gasteiger charge is 2.19. The highest BCUT2D eigenvalue weighted by Crippen LogP contribution is 2.21. The number of carboxylic acid groups (broad SMARTS) is 1. The molecule has 20 heavy (non-hydrogen) atoms. The van der Waals surface area contributed by atoms with E-state index >= 15 is 0 Å². The third-order valence-corrected chi connectivity index (χ3v) is 3.65. The highest BCUT2D eigenvalue weighted by atomic mass is 32.2. The van der Waals surface area contributed by atoms with Crippen LogP contribution in [0.3, 0.4) is 0 Å². The first-order chi connectivity index (χ1) is 9.65. The molecule has 1 heterocycles. The lowest BCUT2D eigenvalue weighted by molar-refractivity contribution is 0.0696. The van der Waals surface area contributed by atoms with Crippen molar-refractivity contribution in [2.75, 3.05) is 23.4 Å². The van der Waals surface area contributed by atoms with E-state index in [9.17, 15) is 9.90 Å². The predicted octanol–water partition coefficient (Wildman–Crippen LogP) is 2.08. The number of aromatic nitrogens is 2. The van der Waals surface area contributed by atoms with E-state index in [-0.39, 0.29) is 5.56 Å². The summed E-state index contributed by atoms with van der Waals surface area (Å²) < 4.78 is 0. The molecule has 0 amide bonds. The summed E-state index contributed by atoms with van der Waals surface area (Å²) in [4.78, 5) is 11.5. The number of rotatable bonds is 8. The number of carbonyl (C=O) groups is 1. The SMILES string of the molecule is C#CCSCCNc1nnc(CC)c(CC)c1C(=O)O. The van der Waals surface area contributed by atoms with E-state index in [0.717, 1.165) is 17.0 Å². The van der Waals surface area contributed by atoms with E-state index in [1.165, 1.54) is 0 Å². The molecule has 0 aromatic carbocycles. The molecule has 1 aromatic heterocycles. The average molecular weight is 293 g/mol. The van der Waals surface area contributed by atoms with Crippen molar-refractivity contribution in [2.45, 2.75) is 26.7 Å². The van der Waals surface area contributed by atoms with Gasteiger partial charge in [0.1, 0.15) is 5.56 Å². The fourth-order valence-electron chi connectivity index (χ4n) is 1.90. The predicted molar refractivity (Wildman–Crippen MR) is 82.4 cm³/mol. The number of carboxylic acids is 1. The summed E-state index contributed by atoms with van der Waals surface area (Å²) in [5, 5.41) is 20.6. The normalized spacial score (nSPS) is 10.1. The van der Waals surface area contributed by atoms with E-state index in [1.807, 2.05) is 13.8 Å². The lowest BCUT2D eigenvalue weighted by Crippen LogP contribution is -2.16. The van der Waals surface area contributed by atoms with Crippen molar-refractivity contribution in [1.29, 1.82) is 0 Å². The smallest absolute Gasteiger partial charge is 0.339 e. The van der Waals surface area contributed by atoms with Gasteiger partial charge in [0.05, 0.1) is 11.4 Å². The van der Waals surface area contributed by atoms with E-state index < -0.39 is 5.97 Å². The van der Waals surface area contributed by atoms with Crippen molar-refractivity contribution in [2.24, 2.45) is 0 Å². The van der Waals surface area contributed by atoms with Crippen LogP contribution in [0.5, 0.6) is 0 Å². The molecule has 6 heteroatoms. The molecule has 1 rings (SSSR count). The second-order valence-corrected chi connectivity index (χ2v) is 5.15. The van der Waals surface area contributed by atoms with Gasteiger partial charge in [-0.2, -0.15) is 5.10 Å². The summed E-state index contributed by atoms with van der Waals surface area (Å²) in [5.41, 5.74) is 1.74. The lowest BCUT2D eigenvalue weighted by Gasteiger charge is -2.13. The first-order valence-electron chi connectivity index (χ1n) is 6.52. The standard InChI is InChI=1S/C14H19N3O2S/c1-4-8-20-9-7-15-13-12(14(18)19)10(5-2)11(6-3)16-17-13/h1H,5-9H2,2-3H3,(H,15,17)(H,18,19). The Labute approximate surface area is 123 Å². The van der Waals surface area contributed by atoms with Crippen LogP contribution in [-0.4, -0.2) is 39.3 Å². The summed E-state index contributed by atoms with van der Waals surface area (Å²) in [5.74, 6) is 3.36. The van der Waals surface area contributed by atoms with Gasteiger partial charge < -0.3 is 10.4 Å². The van der Waals surface area contributed by atoms with Crippen LogP contribution in [0.2, 0.25) is 0 Å². The number of thioether (sulfide) groups is 1. The number of hydrogen-bond donors (Lipinski definition) is 2. The van der Waals surface area contributed by atoms with Gasteiger partial charge in [0.2, 0.25) is 0 Å². The van der Waals surface area contributed by atoms with Crippen molar-refractivity contribution in [1.82, 2.24) is 10.2 Å². The Bertz CT molecular complexity index is 512. The van der Waals surface area contributed by atoms with E-state index in [1.54, 1.807) is 11.8 Å². The Kier molecular flexibility index (Phi) is 6.88. The van der Waals surface area contributed by atoms with Crippen LogP contribution < -0.4 is 5.32 Å². The fourth-order valence-corrected chi connectivity index (χ4v) is 2.41. The molecule has 0 unspecified atom stereocenters. The van der Waals surface area contributed by atoms with Gasteiger partial charge in [-0.05, 0) is 18.4 Å². The first-order valence-corrected chi connectivity index (χ1v) is 7.67. The molecular weight excluding hydrogens is 274 g/mol. The maximum Gasteiger partial charge on any atom is 0.339 e. The van der Waals surface area contributed by atoms with Crippen LogP contribution >= 0.6 is 11.8 Å². The van der Waals surface area contributed by atoms with Crippen molar-refractivity contribution in [3.05, 3.63) is 16.8 Å². The number of terminal acetylenes is 1. The second-order valence-electron chi connectivity index (χ2n) is 4.04. The Morgan fingerprint density at radius 2 is 2.15 bits per heavy atom. The molecular formula is C14H19N3O2S. The lowest BCUT2D eigenvalue weighted by atomic mass is 10.0. The Hall–Kier alpha value is -1.74. The van der Waals surface area contributed by atoms with Crippen molar-refractivity contribution >= 4 is 23.5 Å². The Balaban J connectivity index is 2.90. The van der Waals surface area contributed by atoms with E-state index in [0.29, 0.717) is 31.0 Å². The number of aryl methyl sites for hydroxylation is 1. The van der Waals surface area contributed by atoms with Gasteiger partial charge in [-0.25, -0.2) is 4.79 Å². The molecule has 0 saturated heterocycles. The summed E-state index contributed by atoms with van der Waals surface area (Å²) >= 11 is 1.61. The second kappa shape index (κ2) is 8.43. The van der Waals surface area contributed by atoms with Gasteiger partial charge in [-0.15, -0.1) is 23.3 Å². The van der Waals surface area contributed by atoms with Crippen LogP contribution in [0.15, 0.2) is 0 Å². The van der Waals surface area contributed by atoms with Gasteiger partial charge in [-0.1, -0.05) is 19.8 Å². The molecule has 0 spiro atoms. The zero-order chi connectivity index (χ0) is 15.0. The van der Waals surface area contributed by atoms with Gasteiger partial charge >= 0.3 is 5.97 Å². The maximum absolute atomic E-state index is 11.5. The quantitative estimate of drug-likeness (QED) is 0.564. The minimum atomic E-state index is -0.967. The maximum atomic E-state index is 11.5. The average Bonchev–Trinajstić information content (AvgIpc) is 2.45. The number of aromatic carboxylic acids is 1. The zero-order valence-corrected chi connectivity index (χ0v) is 12.6. The third kappa shape index (κ3) is 4.14. The molecule has 0 aliphatic carbocycles.